The zero-order chi connectivity index (χ0) is 53.6. The molecular weight excluding hydrogens is 928 g/mol. The lowest BCUT2D eigenvalue weighted by Crippen LogP contribution is -2.51. The standard InChI is InChI=1S/C63H123N2O7P/c1-6-8-10-12-14-16-18-20-21-22-23-24-25-26-27-28-29-30-31-32-33-34-35-36-37-38-39-40-41-42-43-44-46-48-50-52-54-56-62(67)64-60(59-72-73(69,70)71-58-57-65(3,4)5)63(68)61(66)55-53-51-49-47-45-19-17-15-13-11-9-7-2/h15,17,22-23,47,49,60-61,63,66,68H,6-14,16,18-21,24-46,48,50-59H2,1-5H3,(H-,64,67,69,70)/p+1/b17-15+,23-22-,49-47+. The SMILES string of the molecule is CCCCC/C=C/CC/C=C/CCCC(O)C(O)C(COP(=O)(O)OCC[N+](C)(C)C)NC(=O)CCCCCCCCCCCCCCCCCCCCCCCCCCC/C=C\CCCCCCCCCC. The molecule has 9 nitrogen and oxygen atoms in total. The summed E-state index contributed by atoms with van der Waals surface area (Å²) in [7, 11) is 1.42. The zero-order valence-electron chi connectivity index (χ0n) is 49.0. The minimum absolute atomic E-state index is 0.0151. The molecule has 0 saturated carbocycles. The second kappa shape index (κ2) is 54.1. The van der Waals surface area contributed by atoms with Gasteiger partial charge in [-0.15, -0.1) is 0 Å². The topological polar surface area (TPSA) is 125 Å². The summed E-state index contributed by atoms with van der Waals surface area (Å²) in [6.07, 6.45) is 67.1. The highest BCUT2D eigenvalue weighted by Gasteiger charge is 2.32. The molecule has 4 unspecified atom stereocenters. The molecule has 0 aliphatic rings. The molecular formula is C63H124N2O7P+. The first-order valence-electron chi connectivity index (χ1n) is 31.4. The number of amides is 1. The number of phosphoric acid groups is 1. The fourth-order valence-electron chi connectivity index (χ4n) is 9.45. The molecule has 0 bridgehead atoms. The smallest absolute Gasteiger partial charge is 0.390 e. The molecule has 0 rings (SSSR count). The quantitative estimate of drug-likeness (QED) is 0.0207. The molecule has 1 amide bonds. The molecule has 73 heavy (non-hydrogen) atoms. The number of nitrogens with one attached hydrogen (secondary N) is 1. The third-order valence-corrected chi connectivity index (χ3v) is 15.4. The molecule has 4 N–H and O–H groups in total. The predicted molar refractivity (Wildman–Crippen MR) is 315 cm³/mol. The number of aliphatic hydroxyl groups is 2. The largest absolute Gasteiger partial charge is 0.472 e. The predicted octanol–water partition coefficient (Wildman–Crippen LogP) is 18.3. The molecule has 0 aromatic carbocycles. The van der Waals surface area contributed by atoms with Gasteiger partial charge in [-0.1, -0.05) is 256 Å². The number of allylic oxidation sites excluding steroid dienone is 6. The molecule has 10 heteroatoms. The van der Waals surface area contributed by atoms with Gasteiger partial charge >= 0.3 is 7.82 Å². The Morgan fingerprint density at radius 3 is 1.16 bits per heavy atom. The van der Waals surface area contributed by atoms with Gasteiger partial charge in [0.15, 0.2) is 0 Å². The normalized spacial score (nSPS) is 14.5. The third kappa shape index (κ3) is 55.3. The fraction of sp³-hybridized carbons (Fsp3) is 0.889. The van der Waals surface area contributed by atoms with Gasteiger partial charge in [-0.3, -0.25) is 13.8 Å². The van der Waals surface area contributed by atoms with E-state index in [-0.39, 0.29) is 18.9 Å². The van der Waals surface area contributed by atoms with Crippen molar-refractivity contribution in [1.29, 1.82) is 0 Å². The highest BCUT2D eigenvalue weighted by Crippen LogP contribution is 2.43. The Balaban J connectivity index is 3.96. The Morgan fingerprint density at radius 2 is 0.781 bits per heavy atom. The molecule has 0 aromatic heterocycles. The fourth-order valence-corrected chi connectivity index (χ4v) is 10.2. The first-order chi connectivity index (χ1) is 35.4. The highest BCUT2D eigenvalue weighted by atomic mass is 31.2. The summed E-state index contributed by atoms with van der Waals surface area (Å²) >= 11 is 0. The number of hydrogen-bond acceptors (Lipinski definition) is 6. The van der Waals surface area contributed by atoms with E-state index in [1.165, 1.54) is 225 Å². The molecule has 0 spiro atoms. The second-order valence-electron chi connectivity index (χ2n) is 22.9. The lowest BCUT2D eigenvalue weighted by atomic mass is 10.0. The van der Waals surface area contributed by atoms with Gasteiger partial charge in [-0.05, 0) is 77.0 Å². The number of hydrogen-bond donors (Lipinski definition) is 4. The summed E-state index contributed by atoms with van der Waals surface area (Å²) in [5.74, 6) is -0.268. The van der Waals surface area contributed by atoms with Crippen molar-refractivity contribution in [2.75, 3.05) is 40.9 Å². The van der Waals surface area contributed by atoms with Crippen LogP contribution in [0.15, 0.2) is 36.5 Å². The summed E-state index contributed by atoms with van der Waals surface area (Å²) in [6.45, 7) is 4.57. The highest BCUT2D eigenvalue weighted by molar-refractivity contribution is 7.47. The molecule has 0 aliphatic carbocycles. The Hall–Kier alpha value is -1.32. The van der Waals surface area contributed by atoms with Gasteiger partial charge in [-0.25, -0.2) is 4.57 Å². The molecule has 0 aromatic rings. The van der Waals surface area contributed by atoms with E-state index in [0.717, 1.165) is 44.9 Å². The van der Waals surface area contributed by atoms with E-state index in [0.29, 0.717) is 23.9 Å². The van der Waals surface area contributed by atoms with Crippen LogP contribution in [0.2, 0.25) is 0 Å². The zero-order valence-corrected chi connectivity index (χ0v) is 49.9. The van der Waals surface area contributed by atoms with Crippen molar-refractivity contribution in [2.45, 2.75) is 321 Å². The van der Waals surface area contributed by atoms with Gasteiger partial charge in [0.2, 0.25) is 5.91 Å². The van der Waals surface area contributed by atoms with Crippen molar-refractivity contribution < 1.29 is 38.0 Å². The van der Waals surface area contributed by atoms with Crippen molar-refractivity contribution in [2.24, 2.45) is 0 Å². The minimum atomic E-state index is -4.43. The average molecular weight is 1050 g/mol. The van der Waals surface area contributed by atoms with Crippen LogP contribution in [0.4, 0.5) is 0 Å². The first kappa shape index (κ1) is 71.7. The number of nitrogens with zero attached hydrogens (tertiary/aromatic N) is 1. The van der Waals surface area contributed by atoms with Gasteiger partial charge in [0.05, 0.1) is 39.9 Å². The average Bonchev–Trinajstić information content (AvgIpc) is 3.35. The molecule has 0 saturated heterocycles. The summed E-state index contributed by atoms with van der Waals surface area (Å²) in [6, 6.07) is -1.05. The molecule has 0 aliphatic heterocycles. The van der Waals surface area contributed by atoms with Gasteiger partial charge in [0, 0.05) is 6.42 Å². The Morgan fingerprint density at radius 1 is 0.466 bits per heavy atom. The number of phosphoric ester groups is 1. The summed E-state index contributed by atoms with van der Waals surface area (Å²) in [5.41, 5.74) is 0. The van der Waals surface area contributed by atoms with Crippen LogP contribution < -0.4 is 5.32 Å². The number of rotatable bonds is 58. The maximum absolute atomic E-state index is 13.0. The van der Waals surface area contributed by atoms with Crippen LogP contribution in [-0.2, 0) is 18.4 Å². The van der Waals surface area contributed by atoms with Crippen LogP contribution in [0.25, 0.3) is 0 Å². The van der Waals surface area contributed by atoms with E-state index in [1.54, 1.807) is 0 Å². The number of aliphatic hydroxyl groups excluding tert-OH is 2. The Bertz CT molecular complexity index is 1300. The summed E-state index contributed by atoms with van der Waals surface area (Å²) in [4.78, 5) is 23.3. The Kier molecular flexibility index (Phi) is 53.1. The van der Waals surface area contributed by atoms with Crippen LogP contribution in [-0.4, -0.2) is 84.6 Å². The van der Waals surface area contributed by atoms with Gasteiger partial charge in [-0.2, -0.15) is 0 Å². The van der Waals surface area contributed by atoms with E-state index in [9.17, 15) is 24.5 Å². The molecule has 0 heterocycles. The number of carbonyl (C=O) groups is 1. The first-order valence-corrected chi connectivity index (χ1v) is 32.9. The molecule has 4 atom stereocenters. The second-order valence-corrected chi connectivity index (χ2v) is 24.4. The van der Waals surface area contributed by atoms with E-state index in [4.69, 9.17) is 9.05 Å². The van der Waals surface area contributed by atoms with Crippen LogP contribution in [0.3, 0.4) is 0 Å². The third-order valence-electron chi connectivity index (χ3n) is 14.4. The maximum atomic E-state index is 13.0. The van der Waals surface area contributed by atoms with Crippen LogP contribution in [0, 0.1) is 0 Å². The maximum Gasteiger partial charge on any atom is 0.472 e. The van der Waals surface area contributed by atoms with Crippen molar-refractivity contribution >= 4 is 13.7 Å². The summed E-state index contributed by atoms with van der Waals surface area (Å²) < 4.78 is 23.6. The molecule has 0 radical (unpaired) electrons. The van der Waals surface area contributed by atoms with Crippen molar-refractivity contribution in [3.63, 3.8) is 0 Å². The minimum Gasteiger partial charge on any atom is -0.390 e. The number of carbonyl (C=O) groups excluding carboxylic acids is 1. The summed E-state index contributed by atoms with van der Waals surface area (Å²) in [5, 5.41) is 24.8. The number of unbranched alkanes of at least 4 members (excludes halogenated alkanes) is 38. The lowest BCUT2D eigenvalue weighted by molar-refractivity contribution is -0.870. The monoisotopic (exact) mass is 1050 g/mol. The van der Waals surface area contributed by atoms with Crippen LogP contribution >= 0.6 is 7.82 Å². The lowest BCUT2D eigenvalue weighted by Gasteiger charge is -2.28. The molecule has 432 valence electrons. The van der Waals surface area contributed by atoms with E-state index < -0.39 is 32.7 Å². The van der Waals surface area contributed by atoms with E-state index in [1.807, 2.05) is 21.1 Å². The number of likely N-dealkylation sites (N-methyl/N-ethyl adjacent to an activating group) is 1. The molecule has 0 fully saturated rings. The van der Waals surface area contributed by atoms with E-state index in [2.05, 4.69) is 55.6 Å². The van der Waals surface area contributed by atoms with Gasteiger partial charge in [0.1, 0.15) is 19.3 Å². The van der Waals surface area contributed by atoms with Crippen molar-refractivity contribution in [1.82, 2.24) is 5.32 Å². The Labute approximate surface area is 453 Å². The van der Waals surface area contributed by atoms with E-state index >= 15 is 0 Å². The van der Waals surface area contributed by atoms with Gasteiger partial charge < -0.3 is 24.9 Å². The van der Waals surface area contributed by atoms with Gasteiger partial charge in [0.25, 0.3) is 0 Å². The number of quaternary nitrogens is 1. The van der Waals surface area contributed by atoms with Crippen LogP contribution in [0.1, 0.15) is 303 Å². The van der Waals surface area contributed by atoms with Crippen molar-refractivity contribution in [3.05, 3.63) is 36.5 Å². The van der Waals surface area contributed by atoms with Crippen LogP contribution in [0.5, 0.6) is 0 Å². The van der Waals surface area contributed by atoms with Crippen molar-refractivity contribution in [3.8, 4) is 0 Å².